The lowest BCUT2D eigenvalue weighted by molar-refractivity contribution is -0.161. The summed E-state index contributed by atoms with van der Waals surface area (Å²) in [6.45, 7) is 6.15. The van der Waals surface area contributed by atoms with E-state index in [0.717, 1.165) is 10.9 Å². The largest absolute Gasteiger partial charge is 0.484 e. The van der Waals surface area contributed by atoms with Crippen LogP contribution in [0.15, 0.2) is 51.7 Å². The van der Waals surface area contributed by atoms with E-state index in [-0.39, 0.29) is 17.9 Å². The van der Waals surface area contributed by atoms with Crippen molar-refractivity contribution in [1.82, 2.24) is 0 Å². The monoisotopic (exact) mass is 494 g/mol. The zero-order chi connectivity index (χ0) is 26.0. The van der Waals surface area contributed by atoms with Crippen LogP contribution in [-0.2, 0) is 32.0 Å². The van der Waals surface area contributed by atoms with Gasteiger partial charge in [0.05, 0.1) is 0 Å². The Labute approximate surface area is 206 Å². The van der Waals surface area contributed by atoms with Gasteiger partial charge in [-0.25, -0.2) is 4.79 Å². The molecule has 0 N–H and O–H groups in total. The minimum absolute atomic E-state index is 0.0781. The van der Waals surface area contributed by atoms with Crippen molar-refractivity contribution in [1.29, 1.82) is 0 Å². The number of aryl methyl sites for hydroxylation is 1. The summed E-state index contributed by atoms with van der Waals surface area (Å²) >= 11 is 0. The molecular formula is C27H26O9. The summed E-state index contributed by atoms with van der Waals surface area (Å²) in [5.74, 6) is -0.712. The molecule has 0 aliphatic carbocycles. The van der Waals surface area contributed by atoms with Gasteiger partial charge in [0.2, 0.25) is 0 Å². The van der Waals surface area contributed by atoms with Crippen LogP contribution in [0.2, 0.25) is 0 Å². The van der Waals surface area contributed by atoms with E-state index in [9.17, 15) is 19.2 Å². The molecule has 0 spiro atoms. The summed E-state index contributed by atoms with van der Waals surface area (Å²) in [5, 5.41) is 0.752. The van der Waals surface area contributed by atoms with Gasteiger partial charge in [-0.05, 0) is 55.7 Å². The van der Waals surface area contributed by atoms with E-state index >= 15 is 0 Å². The van der Waals surface area contributed by atoms with Gasteiger partial charge in [-0.15, -0.1) is 0 Å². The lowest BCUT2D eigenvalue weighted by Gasteiger charge is -2.39. The van der Waals surface area contributed by atoms with Crippen molar-refractivity contribution in [3.05, 3.63) is 64.0 Å². The van der Waals surface area contributed by atoms with Gasteiger partial charge in [0, 0.05) is 44.2 Å². The molecule has 1 atom stereocenters. The smallest absolute Gasteiger partial charge is 0.336 e. The number of hydrogen-bond acceptors (Lipinski definition) is 9. The van der Waals surface area contributed by atoms with Crippen LogP contribution in [0.25, 0.3) is 11.0 Å². The second kappa shape index (κ2) is 9.85. The minimum Gasteiger partial charge on any atom is -0.484 e. The maximum absolute atomic E-state index is 12.7. The van der Waals surface area contributed by atoms with Crippen molar-refractivity contribution < 1.29 is 37.7 Å². The van der Waals surface area contributed by atoms with Crippen LogP contribution in [0.5, 0.6) is 17.2 Å². The van der Waals surface area contributed by atoms with Crippen molar-refractivity contribution >= 4 is 28.9 Å². The Morgan fingerprint density at radius 1 is 0.972 bits per heavy atom. The number of rotatable bonds is 6. The second-order valence-corrected chi connectivity index (χ2v) is 9.11. The Balaban J connectivity index is 1.44. The highest BCUT2D eigenvalue weighted by atomic mass is 16.6. The zero-order valence-electron chi connectivity index (χ0n) is 20.4. The van der Waals surface area contributed by atoms with Crippen LogP contribution in [-0.4, -0.2) is 29.6 Å². The van der Waals surface area contributed by atoms with Crippen molar-refractivity contribution in [2.45, 2.75) is 58.7 Å². The molecule has 2 aromatic carbocycles. The van der Waals surface area contributed by atoms with Gasteiger partial charge in [0.25, 0.3) is 0 Å². The number of benzene rings is 2. The molecule has 0 radical (unpaired) electrons. The van der Waals surface area contributed by atoms with Crippen LogP contribution in [0, 0.1) is 0 Å². The molecule has 0 bridgehead atoms. The van der Waals surface area contributed by atoms with Crippen molar-refractivity contribution in [2.24, 2.45) is 0 Å². The Hall–Kier alpha value is -4.14. The Morgan fingerprint density at radius 3 is 2.42 bits per heavy atom. The lowest BCUT2D eigenvalue weighted by atomic mass is 9.90. The van der Waals surface area contributed by atoms with Crippen LogP contribution in [0.3, 0.4) is 0 Å². The number of hydrogen-bond donors (Lipinski definition) is 0. The molecule has 9 heteroatoms. The van der Waals surface area contributed by atoms with Crippen LogP contribution < -0.4 is 19.8 Å². The first-order valence-electron chi connectivity index (χ1n) is 11.5. The van der Waals surface area contributed by atoms with E-state index in [4.69, 9.17) is 23.4 Å². The molecule has 1 aliphatic heterocycles. The molecule has 1 aromatic heterocycles. The number of carbonyl (C=O) groups is 3. The van der Waals surface area contributed by atoms with Crippen molar-refractivity contribution in [2.75, 3.05) is 0 Å². The molecule has 0 saturated heterocycles. The molecule has 9 nitrogen and oxygen atoms in total. The predicted octanol–water partition coefficient (Wildman–Crippen LogP) is 3.90. The molecule has 3 aromatic rings. The summed E-state index contributed by atoms with van der Waals surface area (Å²) in [4.78, 5) is 47.0. The summed E-state index contributed by atoms with van der Waals surface area (Å²) in [5.41, 5.74) is 0.738. The Bertz CT molecular complexity index is 1400. The minimum atomic E-state index is -0.806. The summed E-state index contributed by atoms with van der Waals surface area (Å²) in [7, 11) is 0. The van der Waals surface area contributed by atoms with Gasteiger partial charge in [-0.1, -0.05) is 6.07 Å². The average Bonchev–Trinajstić information content (AvgIpc) is 2.77. The molecule has 1 aliphatic rings. The van der Waals surface area contributed by atoms with Crippen molar-refractivity contribution in [3.63, 3.8) is 0 Å². The van der Waals surface area contributed by atoms with Crippen LogP contribution in [0.1, 0.15) is 45.2 Å². The first-order valence-corrected chi connectivity index (χ1v) is 11.5. The number of fused-ring (bicyclic) bond motifs is 2. The van der Waals surface area contributed by atoms with E-state index in [1.54, 1.807) is 24.3 Å². The fourth-order valence-corrected chi connectivity index (χ4v) is 4.02. The third-order valence-electron chi connectivity index (χ3n) is 5.76. The average molecular weight is 494 g/mol. The van der Waals surface area contributed by atoms with Gasteiger partial charge >= 0.3 is 23.5 Å². The topological polar surface area (TPSA) is 118 Å². The molecule has 0 fully saturated rings. The van der Waals surface area contributed by atoms with Crippen LogP contribution in [0.4, 0.5) is 0 Å². The maximum Gasteiger partial charge on any atom is 0.336 e. The first-order chi connectivity index (χ1) is 17.0. The maximum atomic E-state index is 12.7. The highest BCUT2D eigenvalue weighted by Gasteiger charge is 2.40. The van der Waals surface area contributed by atoms with E-state index in [1.807, 2.05) is 19.9 Å². The van der Waals surface area contributed by atoms with Gasteiger partial charge in [-0.3, -0.25) is 14.4 Å². The summed E-state index contributed by atoms with van der Waals surface area (Å²) in [6.07, 6.45) is 0.307. The quantitative estimate of drug-likeness (QED) is 0.285. The summed E-state index contributed by atoms with van der Waals surface area (Å²) in [6, 6.07) is 11.3. The van der Waals surface area contributed by atoms with E-state index < -0.39 is 35.2 Å². The van der Waals surface area contributed by atoms with Crippen molar-refractivity contribution in [3.8, 4) is 17.2 Å². The number of ether oxygens (including phenoxy) is 4. The van der Waals surface area contributed by atoms with Gasteiger partial charge < -0.3 is 23.4 Å². The fraction of sp³-hybridized carbons (Fsp3) is 0.333. The van der Waals surface area contributed by atoms with E-state index in [1.165, 1.54) is 26.0 Å². The Morgan fingerprint density at radius 2 is 1.69 bits per heavy atom. The van der Waals surface area contributed by atoms with E-state index in [0.29, 0.717) is 29.7 Å². The lowest BCUT2D eigenvalue weighted by Crippen LogP contribution is -2.48. The third kappa shape index (κ3) is 5.73. The molecule has 188 valence electrons. The van der Waals surface area contributed by atoms with E-state index in [2.05, 4.69) is 0 Å². The molecule has 4 rings (SSSR count). The first kappa shape index (κ1) is 25.0. The fourth-order valence-electron chi connectivity index (χ4n) is 4.02. The molecule has 0 unspecified atom stereocenters. The predicted molar refractivity (Wildman–Crippen MR) is 128 cm³/mol. The Kier molecular flexibility index (Phi) is 6.83. The standard InChI is InChI=1S/C27H26O9/c1-15(28)32-20-8-5-17(11-23(20)33-16(2)29)6-9-26(31)35-24-13-19-12-18-7-10-25(30)34-21(18)14-22(19)36-27(24,3)4/h5,7-8,10-12,14,24H,6,9,13H2,1-4H3/t24-/m0/s1. The molecule has 36 heavy (non-hydrogen) atoms. The van der Waals surface area contributed by atoms with Gasteiger partial charge in [0.1, 0.15) is 23.0 Å². The molecule has 0 amide bonds. The van der Waals surface area contributed by atoms with Crippen LogP contribution >= 0.6 is 0 Å². The molecule has 0 saturated carbocycles. The zero-order valence-corrected chi connectivity index (χ0v) is 20.4. The summed E-state index contributed by atoms with van der Waals surface area (Å²) < 4.78 is 27.4. The normalized spacial score (nSPS) is 15.9. The second-order valence-electron chi connectivity index (χ2n) is 9.11. The number of carbonyl (C=O) groups excluding carboxylic acids is 3. The van der Waals surface area contributed by atoms with Gasteiger partial charge in [-0.2, -0.15) is 0 Å². The SMILES string of the molecule is CC(=O)Oc1ccc(CCC(=O)O[C@H]2Cc3cc4ccc(=O)oc4cc3OC2(C)C)cc1OC(C)=O. The molecular weight excluding hydrogens is 468 g/mol. The molecule has 2 heterocycles. The highest BCUT2D eigenvalue weighted by Crippen LogP contribution is 2.37. The third-order valence-corrected chi connectivity index (χ3v) is 5.76. The highest BCUT2D eigenvalue weighted by molar-refractivity contribution is 5.80. The van der Waals surface area contributed by atoms with Gasteiger partial charge in [0.15, 0.2) is 11.5 Å². The number of esters is 3.